The average Bonchev–Trinajstić information content (AvgIpc) is 2.94. The number of pyridine rings is 1. The van der Waals surface area contributed by atoms with E-state index in [-0.39, 0.29) is 18.2 Å². The Morgan fingerprint density at radius 3 is 2.71 bits per heavy atom. The average molecular weight is 365 g/mol. The second-order valence-electron chi connectivity index (χ2n) is 5.43. The molecule has 0 saturated carbocycles. The fourth-order valence-corrected chi connectivity index (χ4v) is 3.10. The molecule has 24 heavy (non-hydrogen) atoms. The Balaban J connectivity index is 0.00000169. The largest absolute Gasteiger partial charge is 0.309 e. The van der Waals surface area contributed by atoms with Crippen LogP contribution < -0.4 is 5.32 Å². The number of rotatable bonds is 2. The molecule has 3 heterocycles. The lowest BCUT2D eigenvalue weighted by atomic mass is 9.99. The summed E-state index contributed by atoms with van der Waals surface area (Å²) in [6.45, 7) is 2.33. The van der Waals surface area contributed by atoms with Gasteiger partial charge in [0.1, 0.15) is 11.5 Å². The van der Waals surface area contributed by atoms with Gasteiger partial charge in [0, 0.05) is 41.6 Å². The molecule has 1 aliphatic rings. The highest BCUT2D eigenvalue weighted by Crippen LogP contribution is 2.36. The summed E-state index contributed by atoms with van der Waals surface area (Å²) in [7, 11) is 0. The zero-order valence-corrected chi connectivity index (χ0v) is 14.2. The van der Waals surface area contributed by atoms with E-state index < -0.39 is 0 Å². The molecule has 1 N–H and O–H groups in total. The highest BCUT2D eigenvalue weighted by molar-refractivity contribution is 6.30. The van der Waals surface area contributed by atoms with E-state index in [1.165, 1.54) is 6.07 Å². The van der Waals surface area contributed by atoms with Gasteiger partial charge >= 0.3 is 0 Å². The smallest absolute Gasteiger partial charge is 0.134 e. The normalized spacial score (nSPS) is 13.2. The first-order chi connectivity index (χ1) is 11.2. The number of benzene rings is 1. The fourth-order valence-electron chi connectivity index (χ4n) is 2.95. The maximum Gasteiger partial charge on any atom is 0.134 e. The molecule has 3 aromatic rings. The van der Waals surface area contributed by atoms with Crippen LogP contribution in [0.3, 0.4) is 0 Å². The predicted octanol–water partition coefficient (Wildman–Crippen LogP) is 3.93. The van der Waals surface area contributed by atoms with Gasteiger partial charge in [0.2, 0.25) is 0 Å². The molecule has 7 heteroatoms. The summed E-state index contributed by atoms with van der Waals surface area (Å²) in [6, 6.07) is 8.54. The molecule has 1 aromatic carbocycles. The van der Waals surface area contributed by atoms with E-state index in [2.05, 4.69) is 15.4 Å². The first-order valence-electron chi connectivity index (χ1n) is 7.40. The highest BCUT2D eigenvalue weighted by Gasteiger charge is 2.24. The Labute approximate surface area is 150 Å². The van der Waals surface area contributed by atoms with Gasteiger partial charge in [-0.15, -0.1) is 12.4 Å². The number of halogens is 3. The van der Waals surface area contributed by atoms with Crippen LogP contribution in [0.15, 0.2) is 42.7 Å². The van der Waals surface area contributed by atoms with Crippen molar-refractivity contribution < 1.29 is 4.39 Å². The van der Waals surface area contributed by atoms with E-state index in [0.717, 1.165) is 29.9 Å². The van der Waals surface area contributed by atoms with Gasteiger partial charge in [-0.1, -0.05) is 11.6 Å². The summed E-state index contributed by atoms with van der Waals surface area (Å²) < 4.78 is 16.4. The molecule has 0 amide bonds. The minimum absolute atomic E-state index is 0. The van der Waals surface area contributed by atoms with Gasteiger partial charge in [0.05, 0.1) is 12.2 Å². The molecule has 0 unspecified atom stereocenters. The summed E-state index contributed by atoms with van der Waals surface area (Å²) in [5.41, 5.74) is 4.09. The molecule has 0 bridgehead atoms. The molecule has 0 fully saturated rings. The van der Waals surface area contributed by atoms with Crippen LogP contribution >= 0.6 is 24.0 Å². The SMILES string of the molecule is Cl.Fc1cc(Cl)ccc1-c1nn2c(c1-c1ccncc1)CNCC2. The summed E-state index contributed by atoms with van der Waals surface area (Å²) >= 11 is 5.88. The summed E-state index contributed by atoms with van der Waals surface area (Å²) in [4.78, 5) is 4.06. The van der Waals surface area contributed by atoms with Crippen LogP contribution in [0.1, 0.15) is 5.69 Å². The van der Waals surface area contributed by atoms with Crippen molar-refractivity contribution in [3.63, 3.8) is 0 Å². The monoisotopic (exact) mass is 364 g/mol. The standard InChI is InChI=1S/C17H14ClFN4.ClH/c18-12-1-2-13(14(19)9-12)17-16(11-3-5-20-6-4-11)15-10-21-7-8-23(15)22-17;/h1-6,9,21H,7-8,10H2;1H. The summed E-state index contributed by atoms with van der Waals surface area (Å²) in [6.07, 6.45) is 3.47. The Bertz CT molecular complexity index is 865. The van der Waals surface area contributed by atoms with Gasteiger partial charge in [-0.3, -0.25) is 9.67 Å². The number of hydrogen-bond acceptors (Lipinski definition) is 3. The van der Waals surface area contributed by atoms with Crippen molar-refractivity contribution in [1.29, 1.82) is 0 Å². The molecule has 0 radical (unpaired) electrons. The quantitative estimate of drug-likeness (QED) is 0.748. The molecule has 4 nitrogen and oxygen atoms in total. The van der Waals surface area contributed by atoms with E-state index in [1.54, 1.807) is 24.5 Å². The maximum absolute atomic E-state index is 14.4. The van der Waals surface area contributed by atoms with E-state index in [4.69, 9.17) is 11.6 Å². The first-order valence-corrected chi connectivity index (χ1v) is 7.78. The molecule has 4 rings (SSSR count). The molecule has 124 valence electrons. The molecule has 2 aromatic heterocycles. The van der Waals surface area contributed by atoms with Crippen molar-refractivity contribution in [2.24, 2.45) is 0 Å². The molecule has 0 saturated heterocycles. The van der Waals surface area contributed by atoms with Crippen LogP contribution in [0.25, 0.3) is 22.4 Å². The second-order valence-corrected chi connectivity index (χ2v) is 5.87. The van der Waals surface area contributed by atoms with Crippen molar-refractivity contribution in [1.82, 2.24) is 20.1 Å². The number of fused-ring (bicyclic) bond motifs is 1. The van der Waals surface area contributed by atoms with Crippen LogP contribution in [0.2, 0.25) is 5.02 Å². The van der Waals surface area contributed by atoms with Crippen LogP contribution in [0.4, 0.5) is 4.39 Å². The van der Waals surface area contributed by atoms with Crippen molar-refractivity contribution in [3.8, 4) is 22.4 Å². The van der Waals surface area contributed by atoms with Crippen LogP contribution in [-0.2, 0) is 13.1 Å². The lowest BCUT2D eigenvalue weighted by Crippen LogP contribution is -2.28. The van der Waals surface area contributed by atoms with Crippen LogP contribution in [0.5, 0.6) is 0 Å². The van der Waals surface area contributed by atoms with Gasteiger partial charge in [-0.05, 0) is 35.9 Å². The Morgan fingerprint density at radius 2 is 1.96 bits per heavy atom. The lowest BCUT2D eigenvalue weighted by Gasteiger charge is -2.16. The van der Waals surface area contributed by atoms with Gasteiger partial charge in [-0.2, -0.15) is 5.10 Å². The molecule has 1 aliphatic heterocycles. The topological polar surface area (TPSA) is 42.7 Å². The van der Waals surface area contributed by atoms with E-state index in [0.29, 0.717) is 22.8 Å². The van der Waals surface area contributed by atoms with E-state index >= 15 is 0 Å². The summed E-state index contributed by atoms with van der Waals surface area (Å²) in [5, 5.41) is 8.39. The second kappa shape index (κ2) is 6.89. The number of aromatic nitrogens is 3. The molecule has 0 spiro atoms. The van der Waals surface area contributed by atoms with Gasteiger partial charge < -0.3 is 5.32 Å². The number of nitrogens with one attached hydrogen (secondary N) is 1. The zero-order valence-electron chi connectivity index (χ0n) is 12.7. The Morgan fingerprint density at radius 1 is 1.17 bits per heavy atom. The van der Waals surface area contributed by atoms with E-state index in [9.17, 15) is 4.39 Å². The van der Waals surface area contributed by atoms with Crippen molar-refractivity contribution >= 4 is 24.0 Å². The lowest BCUT2D eigenvalue weighted by molar-refractivity contribution is 0.477. The van der Waals surface area contributed by atoms with Crippen molar-refractivity contribution in [3.05, 3.63) is 59.3 Å². The van der Waals surface area contributed by atoms with E-state index in [1.807, 2.05) is 16.8 Å². The number of nitrogens with zero attached hydrogens (tertiary/aromatic N) is 3. The third-order valence-corrected chi connectivity index (χ3v) is 4.24. The fraction of sp³-hybridized carbons (Fsp3) is 0.176. The third-order valence-electron chi connectivity index (χ3n) is 4.01. The maximum atomic E-state index is 14.4. The highest BCUT2D eigenvalue weighted by atomic mass is 35.5. The van der Waals surface area contributed by atoms with Gasteiger partial charge in [0.15, 0.2) is 0 Å². The first kappa shape index (κ1) is 16.9. The minimum atomic E-state index is -0.365. The molecular weight excluding hydrogens is 350 g/mol. The van der Waals surface area contributed by atoms with Crippen LogP contribution in [0, 0.1) is 5.82 Å². The van der Waals surface area contributed by atoms with Crippen molar-refractivity contribution in [2.75, 3.05) is 6.54 Å². The Hall–Kier alpha value is -1.95. The molecule has 0 atom stereocenters. The van der Waals surface area contributed by atoms with Gasteiger partial charge in [-0.25, -0.2) is 4.39 Å². The van der Waals surface area contributed by atoms with Crippen molar-refractivity contribution in [2.45, 2.75) is 13.1 Å². The number of hydrogen-bond donors (Lipinski definition) is 1. The molecular formula is C17H15Cl2FN4. The minimum Gasteiger partial charge on any atom is -0.309 e. The zero-order chi connectivity index (χ0) is 15.8. The van der Waals surface area contributed by atoms with Crippen LogP contribution in [-0.4, -0.2) is 21.3 Å². The van der Waals surface area contributed by atoms with Gasteiger partial charge in [0.25, 0.3) is 0 Å². The molecule has 0 aliphatic carbocycles. The Kier molecular flexibility index (Phi) is 4.85. The summed E-state index contributed by atoms with van der Waals surface area (Å²) in [5.74, 6) is -0.365. The predicted molar refractivity (Wildman–Crippen MR) is 94.8 cm³/mol. The third kappa shape index (κ3) is 2.90.